The van der Waals surface area contributed by atoms with Crippen molar-refractivity contribution in [3.05, 3.63) is 153 Å². The summed E-state index contributed by atoms with van der Waals surface area (Å²) in [5.41, 5.74) is 6.91. The average Bonchev–Trinajstić information content (AvgIpc) is 4.02. The topological polar surface area (TPSA) is 204 Å². The van der Waals surface area contributed by atoms with Crippen LogP contribution in [0.25, 0.3) is 0 Å². The van der Waals surface area contributed by atoms with Crippen molar-refractivity contribution in [1.29, 1.82) is 0 Å². The van der Waals surface area contributed by atoms with Gasteiger partial charge in [0.1, 0.15) is 34.3 Å². The van der Waals surface area contributed by atoms with Gasteiger partial charge in [-0.3, -0.25) is 9.59 Å². The van der Waals surface area contributed by atoms with Gasteiger partial charge in [-0.05, 0) is 98.5 Å². The minimum Gasteiger partial charge on any atom is -0.508 e. The number of carbonyl (C=O) groups excluding carboxylic acids is 3. The summed E-state index contributed by atoms with van der Waals surface area (Å²) in [7, 11) is 1.34. The second-order valence-corrected chi connectivity index (χ2v) is 15.6. The highest BCUT2D eigenvalue weighted by Gasteiger charge is 2.32. The fraction of sp³-hybridized carbons (Fsp3) is 0.277. The molecule has 0 saturated heterocycles. The molecule has 4 aromatic carbocycles. The molecule has 2 aliphatic heterocycles. The summed E-state index contributed by atoms with van der Waals surface area (Å²) < 4.78 is 8.46. The number of anilines is 2. The highest BCUT2D eigenvalue weighted by Crippen LogP contribution is 2.32. The first-order valence-corrected chi connectivity index (χ1v) is 20.5. The van der Waals surface area contributed by atoms with Crippen molar-refractivity contribution < 1.29 is 39.2 Å². The van der Waals surface area contributed by atoms with Crippen LogP contribution in [0.15, 0.2) is 97.1 Å². The van der Waals surface area contributed by atoms with Gasteiger partial charge in [-0.2, -0.15) is 10.2 Å². The van der Waals surface area contributed by atoms with Crippen molar-refractivity contribution in [1.82, 2.24) is 30.2 Å². The zero-order valence-electron chi connectivity index (χ0n) is 35.7. The van der Waals surface area contributed by atoms with E-state index in [1.807, 2.05) is 73.5 Å². The van der Waals surface area contributed by atoms with E-state index in [9.17, 15) is 29.4 Å². The lowest BCUT2D eigenvalue weighted by Gasteiger charge is -2.20. The maximum Gasteiger partial charge on any atom is 0.337 e. The van der Waals surface area contributed by atoms with Crippen molar-refractivity contribution in [2.75, 3.05) is 30.0 Å². The number of phenolic OH excluding ortho intramolecular Hbond substituents is 2. The van der Waals surface area contributed by atoms with E-state index in [0.29, 0.717) is 54.3 Å². The van der Waals surface area contributed by atoms with E-state index in [0.717, 1.165) is 47.0 Å². The molecular formula is C47H50N8O8. The Hall–Kier alpha value is -7.62. The zero-order chi connectivity index (χ0) is 44.9. The van der Waals surface area contributed by atoms with Crippen LogP contribution in [0.2, 0.25) is 0 Å². The normalized spacial score (nSPS) is 13.6. The third-order valence-electron chi connectivity index (χ3n) is 11.2. The summed E-state index contributed by atoms with van der Waals surface area (Å²) in [5, 5.41) is 43.2. The first-order chi connectivity index (χ1) is 30.2. The van der Waals surface area contributed by atoms with Crippen molar-refractivity contribution >= 4 is 35.4 Å². The first kappa shape index (κ1) is 43.5. The SMILES string of the molecule is COC(=O)c1ccc([C@H](C)NC(=O)c2c(C)nn3c2N(Cc2ccc(O)cc2)CC3)cc1.Cc1nn2c(c1C(=O)N[C@@H](C)c1ccc(C(=O)O)cc1)N(Cc1ccc(O)cc1)CC2. The standard InChI is InChI=1S/C24H26N4O4.C23H24N4O4/c1-15(18-6-8-19(9-7-18)24(31)32-3)25-22(30)21-16(2)26-28-13-12-27(23(21)28)14-17-4-10-20(29)11-5-17;1-14(17-5-7-18(8-6-17)23(30)31)24-21(29)20-15(2)25-27-12-11-26(22(20)27)13-16-3-9-19(28)10-4-16/h4-11,15,29H,12-14H2,1-3H3,(H,25,30);3-10,14,28H,11-13H2,1-2H3,(H,24,29)(H,30,31)/t15-;14-/m00/s1. The van der Waals surface area contributed by atoms with Crippen LogP contribution in [-0.4, -0.2) is 78.8 Å². The number of aromatic hydroxyl groups is 2. The van der Waals surface area contributed by atoms with Crippen LogP contribution in [0.3, 0.4) is 0 Å². The number of carboxylic acids is 1. The summed E-state index contributed by atoms with van der Waals surface area (Å²) in [4.78, 5) is 53.3. The minimum absolute atomic E-state index is 0.189. The number of hydrogen-bond acceptors (Lipinski definition) is 11. The Balaban J connectivity index is 0.000000189. The number of carboxylic acid groups (broad SMARTS) is 1. The van der Waals surface area contributed by atoms with Gasteiger partial charge in [0, 0.05) is 26.2 Å². The third-order valence-corrected chi connectivity index (χ3v) is 11.2. The number of amides is 2. The first-order valence-electron chi connectivity index (χ1n) is 20.5. The molecule has 326 valence electrons. The fourth-order valence-corrected chi connectivity index (χ4v) is 7.86. The van der Waals surface area contributed by atoms with E-state index in [1.54, 1.807) is 48.5 Å². The van der Waals surface area contributed by atoms with Gasteiger partial charge in [-0.15, -0.1) is 0 Å². The van der Waals surface area contributed by atoms with Gasteiger partial charge < -0.3 is 40.5 Å². The van der Waals surface area contributed by atoms with Crippen LogP contribution in [0.1, 0.15) is 101 Å². The average molecular weight is 855 g/mol. The quantitative estimate of drug-likeness (QED) is 0.0861. The molecule has 4 heterocycles. The van der Waals surface area contributed by atoms with Crippen LogP contribution in [0.4, 0.5) is 11.6 Å². The van der Waals surface area contributed by atoms with Gasteiger partial charge in [0.25, 0.3) is 11.8 Å². The number of methoxy groups -OCH3 is 1. The van der Waals surface area contributed by atoms with Crippen LogP contribution < -0.4 is 20.4 Å². The highest BCUT2D eigenvalue weighted by atomic mass is 16.5. The summed E-state index contributed by atoms with van der Waals surface area (Å²) in [6.45, 7) is 11.6. The zero-order valence-corrected chi connectivity index (χ0v) is 35.7. The maximum atomic E-state index is 13.2. The maximum absolute atomic E-state index is 13.2. The van der Waals surface area contributed by atoms with Gasteiger partial charge in [0.15, 0.2) is 0 Å². The molecule has 2 atom stereocenters. The molecule has 16 nitrogen and oxygen atoms in total. The molecule has 2 aromatic heterocycles. The van der Waals surface area contributed by atoms with E-state index in [4.69, 9.17) is 9.84 Å². The van der Waals surface area contributed by atoms with Crippen molar-refractivity contribution in [3.63, 3.8) is 0 Å². The molecule has 0 aliphatic carbocycles. The van der Waals surface area contributed by atoms with Gasteiger partial charge in [-0.25, -0.2) is 19.0 Å². The Bertz CT molecular complexity index is 2620. The highest BCUT2D eigenvalue weighted by molar-refractivity contribution is 6.01. The second kappa shape index (κ2) is 18.6. The van der Waals surface area contributed by atoms with E-state index < -0.39 is 11.9 Å². The largest absolute Gasteiger partial charge is 0.508 e. The number of hydrogen-bond donors (Lipinski definition) is 5. The number of ether oxygens (including phenoxy) is 1. The van der Waals surface area contributed by atoms with E-state index >= 15 is 0 Å². The lowest BCUT2D eigenvalue weighted by atomic mass is 10.1. The van der Waals surface area contributed by atoms with E-state index in [-0.39, 0.29) is 41.0 Å². The number of fused-ring (bicyclic) bond motifs is 2. The summed E-state index contributed by atoms with van der Waals surface area (Å²) in [6, 6.07) is 27.0. The Labute approximate surface area is 364 Å². The number of benzene rings is 4. The number of nitrogens with zero attached hydrogens (tertiary/aromatic N) is 6. The third kappa shape index (κ3) is 9.64. The van der Waals surface area contributed by atoms with Gasteiger partial charge >= 0.3 is 11.9 Å². The van der Waals surface area contributed by atoms with E-state index in [1.165, 1.54) is 19.2 Å². The molecule has 0 bridgehead atoms. The predicted octanol–water partition coefficient (Wildman–Crippen LogP) is 6.30. The second-order valence-electron chi connectivity index (χ2n) is 15.6. The molecule has 0 spiro atoms. The molecule has 8 rings (SSSR count). The molecule has 0 unspecified atom stereocenters. The lowest BCUT2D eigenvalue weighted by molar-refractivity contribution is 0.0599. The molecule has 2 amide bonds. The van der Waals surface area contributed by atoms with E-state index in [2.05, 4.69) is 30.6 Å². The minimum atomic E-state index is -0.983. The Kier molecular flexibility index (Phi) is 12.8. The Morgan fingerprint density at radius 3 is 1.35 bits per heavy atom. The number of carbonyl (C=O) groups is 4. The van der Waals surface area contributed by atoms with Gasteiger partial charge in [-0.1, -0.05) is 48.5 Å². The number of aromatic carboxylic acids is 1. The number of rotatable bonds is 12. The summed E-state index contributed by atoms with van der Waals surface area (Å²) in [6.07, 6.45) is 0. The van der Waals surface area contributed by atoms with Crippen LogP contribution in [0, 0.1) is 13.8 Å². The molecule has 16 heteroatoms. The van der Waals surface area contributed by atoms with Crippen molar-refractivity contribution in [3.8, 4) is 11.5 Å². The predicted molar refractivity (Wildman–Crippen MR) is 235 cm³/mol. The number of aryl methyl sites for hydroxylation is 2. The number of nitrogens with one attached hydrogen (secondary N) is 2. The Morgan fingerprint density at radius 2 is 0.984 bits per heavy atom. The molecular weight excluding hydrogens is 805 g/mol. The van der Waals surface area contributed by atoms with Crippen LogP contribution in [0.5, 0.6) is 11.5 Å². The monoisotopic (exact) mass is 854 g/mol. The summed E-state index contributed by atoms with van der Waals surface area (Å²) >= 11 is 0. The fourth-order valence-electron chi connectivity index (χ4n) is 7.86. The molecule has 0 fully saturated rings. The molecule has 0 saturated carbocycles. The number of aromatic nitrogens is 4. The van der Waals surface area contributed by atoms with Crippen molar-refractivity contribution in [2.24, 2.45) is 0 Å². The number of esters is 1. The van der Waals surface area contributed by atoms with Crippen LogP contribution >= 0.6 is 0 Å². The number of phenols is 2. The van der Waals surface area contributed by atoms with Crippen molar-refractivity contribution in [2.45, 2.75) is 66.0 Å². The smallest absolute Gasteiger partial charge is 0.337 e. The summed E-state index contributed by atoms with van der Waals surface area (Å²) in [5.74, 6) is 0.257. The van der Waals surface area contributed by atoms with Gasteiger partial charge in [0.05, 0.1) is 54.8 Å². The van der Waals surface area contributed by atoms with Gasteiger partial charge in [0.2, 0.25) is 0 Å². The molecule has 2 aliphatic rings. The molecule has 63 heavy (non-hydrogen) atoms. The molecule has 0 radical (unpaired) electrons. The molecule has 5 N–H and O–H groups in total. The van der Waals surface area contributed by atoms with Crippen LogP contribution in [-0.2, 0) is 30.9 Å². The Morgan fingerprint density at radius 1 is 0.603 bits per heavy atom. The lowest BCUT2D eigenvalue weighted by Crippen LogP contribution is -2.29. The molecule has 6 aromatic rings.